The third kappa shape index (κ3) is 3.08. The summed E-state index contributed by atoms with van der Waals surface area (Å²) in [6.45, 7) is 1.73. The van der Waals surface area contributed by atoms with Crippen molar-refractivity contribution in [1.29, 1.82) is 0 Å². The van der Waals surface area contributed by atoms with Crippen LogP contribution in [-0.2, 0) is 10.0 Å². The van der Waals surface area contributed by atoms with Gasteiger partial charge in [-0.15, -0.1) is 0 Å². The topological polar surface area (TPSA) is 126 Å². The highest BCUT2D eigenvalue weighted by molar-refractivity contribution is 7.89. The fraction of sp³-hybridized carbons (Fsp3) is 0.200. The lowest BCUT2D eigenvalue weighted by atomic mass is 10.2. The highest BCUT2D eigenvalue weighted by Gasteiger charge is 2.19. The Hall–Kier alpha value is -1.97. The van der Waals surface area contributed by atoms with E-state index >= 15 is 0 Å². The molecule has 2 aromatic rings. The lowest BCUT2D eigenvalue weighted by Gasteiger charge is -2.13. The molecule has 2 aromatic heterocycles. The van der Waals surface area contributed by atoms with Crippen molar-refractivity contribution in [3.05, 3.63) is 36.3 Å². The van der Waals surface area contributed by atoms with Gasteiger partial charge in [-0.25, -0.2) is 24.0 Å². The number of aromatic nitrogens is 3. The van der Waals surface area contributed by atoms with Gasteiger partial charge in [-0.05, 0) is 13.0 Å². The molecule has 9 heteroatoms. The molecule has 19 heavy (non-hydrogen) atoms. The van der Waals surface area contributed by atoms with E-state index in [4.69, 9.17) is 5.84 Å². The van der Waals surface area contributed by atoms with Crippen molar-refractivity contribution in [2.45, 2.75) is 17.9 Å². The first-order valence-electron chi connectivity index (χ1n) is 5.46. The second kappa shape index (κ2) is 5.34. The fourth-order valence-electron chi connectivity index (χ4n) is 1.52. The molecule has 0 radical (unpaired) electrons. The Balaban J connectivity index is 2.22. The van der Waals surface area contributed by atoms with Crippen LogP contribution in [-0.4, -0.2) is 23.6 Å². The molecule has 1 unspecified atom stereocenters. The third-order valence-corrected chi connectivity index (χ3v) is 4.08. The summed E-state index contributed by atoms with van der Waals surface area (Å²) in [7, 11) is -3.65. The fourth-order valence-corrected chi connectivity index (χ4v) is 2.77. The van der Waals surface area contributed by atoms with Crippen molar-refractivity contribution >= 4 is 15.8 Å². The van der Waals surface area contributed by atoms with Crippen LogP contribution in [0.5, 0.6) is 0 Å². The summed E-state index contributed by atoms with van der Waals surface area (Å²) in [5, 5.41) is 6.41. The second-order valence-corrected chi connectivity index (χ2v) is 5.61. The van der Waals surface area contributed by atoms with Crippen molar-refractivity contribution in [2.75, 3.05) is 5.43 Å². The highest BCUT2D eigenvalue weighted by Crippen LogP contribution is 2.16. The van der Waals surface area contributed by atoms with Gasteiger partial charge in [-0.1, -0.05) is 0 Å². The van der Waals surface area contributed by atoms with Crippen LogP contribution in [0.15, 0.2) is 35.6 Å². The summed E-state index contributed by atoms with van der Waals surface area (Å²) >= 11 is 0. The molecule has 0 spiro atoms. The van der Waals surface area contributed by atoms with Gasteiger partial charge in [0.05, 0.1) is 11.1 Å². The van der Waals surface area contributed by atoms with Crippen molar-refractivity contribution in [3.63, 3.8) is 0 Å². The molecule has 0 aliphatic heterocycles. The number of nitrogen functional groups attached to an aromatic ring is 1. The molecule has 2 rings (SSSR count). The predicted octanol–water partition coefficient (Wildman–Crippen LogP) is 0.130. The Morgan fingerprint density at radius 3 is 2.89 bits per heavy atom. The first kappa shape index (κ1) is 13.5. The largest absolute Gasteiger partial charge is 0.308 e. The first-order chi connectivity index (χ1) is 9.03. The van der Waals surface area contributed by atoms with Gasteiger partial charge >= 0.3 is 0 Å². The molecule has 0 aliphatic carbocycles. The number of nitrogens with zero attached hydrogens (tertiary/aromatic N) is 2. The van der Waals surface area contributed by atoms with Gasteiger partial charge in [-0.3, -0.25) is 5.10 Å². The molecule has 5 N–H and O–H groups in total. The lowest BCUT2D eigenvalue weighted by molar-refractivity contribution is 0.567. The number of hydrogen-bond acceptors (Lipinski definition) is 6. The molecule has 102 valence electrons. The van der Waals surface area contributed by atoms with Crippen molar-refractivity contribution < 1.29 is 8.42 Å². The van der Waals surface area contributed by atoms with Crippen LogP contribution in [0, 0.1) is 0 Å². The Morgan fingerprint density at radius 1 is 1.47 bits per heavy atom. The Labute approximate surface area is 110 Å². The van der Waals surface area contributed by atoms with E-state index < -0.39 is 16.1 Å². The van der Waals surface area contributed by atoms with Gasteiger partial charge in [0.25, 0.3) is 0 Å². The van der Waals surface area contributed by atoms with Crippen LogP contribution in [0.1, 0.15) is 18.5 Å². The maximum absolute atomic E-state index is 12.2. The number of nitrogens with two attached hydrogens (primary N) is 1. The Morgan fingerprint density at radius 2 is 2.26 bits per heavy atom. The SMILES string of the molecule is CC(NS(=O)(=O)c1ccnc(NN)c1)c1cn[nH]c1. The number of hydrogen-bond donors (Lipinski definition) is 4. The van der Waals surface area contributed by atoms with Crippen LogP contribution >= 0.6 is 0 Å². The molecular weight excluding hydrogens is 268 g/mol. The van der Waals surface area contributed by atoms with E-state index in [0.29, 0.717) is 0 Å². The summed E-state index contributed by atoms with van der Waals surface area (Å²) in [5.41, 5.74) is 3.05. The minimum atomic E-state index is -3.65. The number of sulfonamides is 1. The molecule has 8 nitrogen and oxygen atoms in total. The zero-order valence-electron chi connectivity index (χ0n) is 10.2. The van der Waals surface area contributed by atoms with E-state index in [1.165, 1.54) is 18.3 Å². The normalized spacial score (nSPS) is 13.2. The van der Waals surface area contributed by atoms with E-state index in [-0.39, 0.29) is 10.7 Å². The summed E-state index contributed by atoms with van der Waals surface area (Å²) in [4.78, 5) is 3.95. The van der Waals surface area contributed by atoms with E-state index in [1.54, 1.807) is 19.3 Å². The van der Waals surface area contributed by atoms with Crippen LogP contribution in [0.3, 0.4) is 0 Å². The van der Waals surface area contributed by atoms with Gasteiger partial charge in [0.2, 0.25) is 10.0 Å². The summed E-state index contributed by atoms with van der Waals surface area (Å²) in [5.74, 6) is 5.48. The van der Waals surface area contributed by atoms with E-state index in [1.807, 2.05) is 0 Å². The van der Waals surface area contributed by atoms with Crippen molar-refractivity contribution in [2.24, 2.45) is 5.84 Å². The molecule has 0 saturated carbocycles. The molecule has 0 bridgehead atoms. The number of hydrazine groups is 1. The summed E-state index contributed by atoms with van der Waals surface area (Å²) < 4.78 is 26.9. The third-order valence-electron chi connectivity index (χ3n) is 2.54. The first-order valence-corrected chi connectivity index (χ1v) is 6.95. The van der Waals surface area contributed by atoms with E-state index in [9.17, 15) is 8.42 Å². The maximum Gasteiger partial charge on any atom is 0.241 e. The molecule has 0 fully saturated rings. The lowest BCUT2D eigenvalue weighted by Crippen LogP contribution is -2.27. The number of pyridine rings is 1. The van der Waals surface area contributed by atoms with Gasteiger partial charge in [0, 0.05) is 30.1 Å². The van der Waals surface area contributed by atoms with Crippen molar-refractivity contribution in [3.8, 4) is 0 Å². The Kier molecular flexibility index (Phi) is 3.79. The molecule has 0 aromatic carbocycles. The second-order valence-electron chi connectivity index (χ2n) is 3.90. The monoisotopic (exact) mass is 282 g/mol. The summed E-state index contributed by atoms with van der Waals surface area (Å²) in [6.07, 6.45) is 4.56. The zero-order valence-corrected chi connectivity index (χ0v) is 11.0. The smallest absolute Gasteiger partial charge is 0.241 e. The zero-order chi connectivity index (χ0) is 13.9. The quantitative estimate of drug-likeness (QED) is 0.456. The number of anilines is 1. The predicted molar refractivity (Wildman–Crippen MR) is 69.4 cm³/mol. The molecule has 0 amide bonds. The minimum absolute atomic E-state index is 0.0887. The molecular formula is C10H14N6O2S. The standard InChI is InChI=1S/C10H14N6O2S/c1-7(8-5-13-14-6-8)16-19(17,18)9-2-3-12-10(4-9)15-11/h2-7,16H,11H2,1H3,(H,12,15)(H,13,14). The highest BCUT2D eigenvalue weighted by atomic mass is 32.2. The Bertz CT molecular complexity index is 640. The molecule has 0 aliphatic rings. The average Bonchev–Trinajstić information content (AvgIpc) is 2.92. The number of nitrogens with one attached hydrogen (secondary N) is 3. The van der Waals surface area contributed by atoms with Gasteiger partial charge < -0.3 is 5.43 Å². The van der Waals surface area contributed by atoms with E-state index in [2.05, 4.69) is 25.3 Å². The van der Waals surface area contributed by atoms with Gasteiger partial charge in [-0.2, -0.15) is 5.10 Å². The molecule has 1 atom stereocenters. The minimum Gasteiger partial charge on any atom is -0.308 e. The van der Waals surface area contributed by atoms with Crippen LogP contribution in [0.25, 0.3) is 0 Å². The summed E-state index contributed by atoms with van der Waals surface area (Å²) in [6, 6.07) is 2.35. The van der Waals surface area contributed by atoms with Crippen LogP contribution < -0.4 is 16.0 Å². The van der Waals surface area contributed by atoms with Gasteiger partial charge in [0.1, 0.15) is 5.82 Å². The van der Waals surface area contributed by atoms with Crippen LogP contribution in [0.4, 0.5) is 5.82 Å². The average molecular weight is 282 g/mol. The maximum atomic E-state index is 12.2. The number of H-pyrrole nitrogens is 1. The molecule has 0 saturated heterocycles. The van der Waals surface area contributed by atoms with Gasteiger partial charge in [0.15, 0.2) is 0 Å². The number of rotatable bonds is 5. The van der Waals surface area contributed by atoms with Crippen molar-refractivity contribution in [1.82, 2.24) is 19.9 Å². The van der Waals surface area contributed by atoms with Crippen LogP contribution in [0.2, 0.25) is 0 Å². The molecule has 2 heterocycles. The number of aromatic amines is 1. The van der Waals surface area contributed by atoms with E-state index in [0.717, 1.165) is 5.56 Å².